The molecular formula is C34H28N4O. The molecule has 0 unspecified atom stereocenters. The Morgan fingerprint density at radius 2 is 1.54 bits per heavy atom. The topological polar surface area (TPSA) is 59.3 Å². The molecule has 39 heavy (non-hydrogen) atoms. The Morgan fingerprint density at radius 3 is 2.33 bits per heavy atom. The Labute approximate surface area is 227 Å². The van der Waals surface area contributed by atoms with Gasteiger partial charge in [-0.2, -0.15) is 5.10 Å². The normalized spacial score (nSPS) is 11.4. The minimum Gasteiger partial charge on any atom is -0.340 e. The quantitative estimate of drug-likeness (QED) is 0.190. The lowest BCUT2D eigenvalue weighted by Gasteiger charge is -2.10. The molecule has 6 rings (SSSR count). The highest BCUT2D eigenvalue weighted by atomic mass is 16.2. The Hall–Kier alpha value is -5.03. The van der Waals surface area contributed by atoms with Crippen molar-refractivity contribution in [1.29, 1.82) is 0 Å². The molecule has 0 aliphatic heterocycles. The van der Waals surface area contributed by atoms with Crippen LogP contribution in [-0.4, -0.2) is 21.7 Å². The molecule has 5 heteroatoms. The molecule has 5 nitrogen and oxygen atoms in total. The van der Waals surface area contributed by atoms with Crippen LogP contribution in [0.15, 0.2) is 114 Å². The number of fused-ring (bicyclic) bond motifs is 2. The molecular weight excluding hydrogens is 480 g/mol. The smallest absolute Gasteiger partial charge is 0.272 e. The highest BCUT2D eigenvalue weighted by Crippen LogP contribution is 2.29. The number of hydrazone groups is 1. The van der Waals surface area contributed by atoms with E-state index < -0.39 is 0 Å². The maximum absolute atomic E-state index is 13.4. The second kappa shape index (κ2) is 10.4. The molecule has 2 aromatic heterocycles. The summed E-state index contributed by atoms with van der Waals surface area (Å²) in [5.41, 5.74) is 11.5. The van der Waals surface area contributed by atoms with Crippen molar-refractivity contribution < 1.29 is 4.79 Å². The van der Waals surface area contributed by atoms with Gasteiger partial charge in [-0.15, -0.1) is 0 Å². The monoisotopic (exact) mass is 508 g/mol. The molecule has 0 radical (unpaired) electrons. The van der Waals surface area contributed by atoms with E-state index in [0.717, 1.165) is 45.3 Å². The van der Waals surface area contributed by atoms with Gasteiger partial charge in [0.05, 0.1) is 28.5 Å². The van der Waals surface area contributed by atoms with Gasteiger partial charge in [0.25, 0.3) is 5.91 Å². The van der Waals surface area contributed by atoms with Crippen LogP contribution < -0.4 is 5.43 Å². The van der Waals surface area contributed by atoms with Gasteiger partial charge in [-0.3, -0.25) is 4.79 Å². The van der Waals surface area contributed by atoms with Crippen LogP contribution in [0, 0.1) is 13.8 Å². The van der Waals surface area contributed by atoms with E-state index in [9.17, 15) is 4.79 Å². The van der Waals surface area contributed by atoms with Crippen molar-refractivity contribution in [2.75, 3.05) is 0 Å². The van der Waals surface area contributed by atoms with Crippen molar-refractivity contribution in [3.05, 3.63) is 137 Å². The van der Waals surface area contributed by atoms with Gasteiger partial charge in [-0.05, 0) is 37.1 Å². The summed E-state index contributed by atoms with van der Waals surface area (Å²) >= 11 is 0. The summed E-state index contributed by atoms with van der Waals surface area (Å²) in [6.45, 7) is 5.00. The second-order valence-corrected chi connectivity index (χ2v) is 9.68. The number of nitrogens with zero attached hydrogens (tertiary/aromatic N) is 3. The third-order valence-electron chi connectivity index (χ3n) is 7.17. The van der Waals surface area contributed by atoms with E-state index >= 15 is 0 Å². The lowest BCUT2D eigenvalue weighted by molar-refractivity contribution is 0.0956. The summed E-state index contributed by atoms with van der Waals surface area (Å²) in [7, 11) is 0. The number of benzene rings is 4. The summed E-state index contributed by atoms with van der Waals surface area (Å²) in [4.78, 5) is 18.2. The van der Waals surface area contributed by atoms with Crippen LogP contribution in [0.3, 0.4) is 0 Å². The highest BCUT2D eigenvalue weighted by molar-refractivity contribution is 6.08. The summed E-state index contributed by atoms with van der Waals surface area (Å²) in [5.74, 6) is -0.274. The van der Waals surface area contributed by atoms with Crippen molar-refractivity contribution >= 4 is 33.9 Å². The maximum atomic E-state index is 13.4. The maximum Gasteiger partial charge on any atom is 0.272 e. The van der Waals surface area contributed by atoms with Crippen LogP contribution in [0.2, 0.25) is 0 Å². The van der Waals surface area contributed by atoms with Crippen molar-refractivity contribution in [3.63, 3.8) is 0 Å². The van der Waals surface area contributed by atoms with E-state index in [0.29, 0.717) is 5.56 Å². The number of hydrogen-bond donors (Lipinski definition) is 1. The van der Waals surface area contributed by atoms with Gasteiger partial charge >= 0.3 is 0 Å². The molecule has 190 valence electrons. The van der Waals surface area contributed by atoms with Crippen molar-refractivity contribution in [2.24, 2.45) is 5.10 Å². The fourth-order valence-corrected chi connectivity index (χ4v) is 5.20. The molecule has 0 aliphatic rings. The third-order valence-corrected chi connectivity index (χ3v) is 7.17. The first-order chi connectivity index (χ1) is 19.1. The molecule has 0 aliphatic carbocycles. The molecule has 0 bridgehead atoms. The first-order valence-corrected chi connectivity index (χ1v) is 13.0. The highest BCUT2D eigenvalue weighted by Gasteiger charge is 2.16. The summed E-state index contributed by atoms with van der Waals surface area (Å²) < 4.78 is 2.33. The van der Waals surface area contributed by atoms with Crippen LogP contribution >= 0.6 is 0 Å². The predicted octanol–water partition coefficient (Wildman–Crippen LogP) is 7.29. The summed E-state index contributed by atoms with van der Waals surface area (Å²) in [6, 6.07) is 36.2. The lowest BCUT2D eigenvalue weighted by Crippen LogP contribution is -2.18. The number of rotatable bonds is 6. The molecule has 1 amide bonds. The fourth-order valence-electron chi connectivity index (χ4n) is 5.20. The van der Waals surface area contributed by atoms with E-state index in [4.69, 9.17) is 4.98 Å². The van der Waals surface area contributed by atoms with Gasteiger partial charge in [0.15, 0.2) is 0 Å². The number of carbonyl (C=O) groups is 1. The number of nitrogens with one attached hydrogen (secondary N) is 1. The van der Waals surface area contributed by atoms with Crippen molar-refractivity contribution in [3.8, 4) is 11.3 Å². The molecule has 1 N–H and O–H groups in total. The molecule has 6 aromatic rings. The molecule has 0 fully saturated rings. The standard InChI is InChI=1S/C34H28N4O/c1-23-12-11-18-28-30(24(2)38(33(23)28)22-25-13-5-3-6-14-25)21-35-37-34(39)29-20-32(26-15-7-4-8-16-26)36-31-19-10-9-17-27(29)31/h3-21H,22H2,1-2H3,(H,37,39)/b35-21+. The lowest BCUT2D eigenvalue weighted by atomic mass is 10.0. The van der Waals surface area contributed by atoms with Crippen LogP contribution in [0.4, 0.5) is 0 Å². The van der Waals surface area contributed by atoms with Gasteiger partial charge in [-0.1, -0.05) is 97.1 Å². The number of para-hydroxylation sites is 2. The van der Waals surface area contributed by atoms with Gasteiger partial charge in [0.2, 0.25) is 0 Å². The second-order valence-electron chi connectivity index (χ2n) is 9.68. The van der Waals surface area contributed by atoms with Gasteiger partial charge < -0.3 is 4.57 Å². The zero-order chi connectivity index (χ0) is 26.8. The SMILES string of the molecule is Cc1cccc2c(/C=N/NC(=O)c3cc(-c4ccccc4)nc4ccccc34)c(C)n(Cc3ccccc3)c12. The van der Waals surface area contributed by atoms with Gasteiger partial charge in [-0.25, -0.2) is 10.4 Å². The van der Waals surface area contributed by atoms with Crippen LogP contribution in [0.5, 0.6) is 0 Å². The first kappa shape index (κ1) is 24.3. The Kier molecular flexibility index (Phi) is 6.47. The number of aromatic nitrogens is 2. The molecule has 2 heterocycles. The summed E-state index contributed by atoms with van der Waals surface area (Å²) in [5, 5.41) is 6.33. The van der Waals surface area contributed by atoms with Crippen LogP contribution in [0.25, 0.3) is 33.1 Å². The fraction of sp³-hybridized carbons (Fsp3) is 0.0882. The number of hydrogen-bond acceptors (Lipinski definition) is 3. The Bertz CT molecular complexity index is 1840. The number of amides is 1. The average Bonchev–Trinajstić information content (AvgIpc) is 3.24. The van der Waals surface area contributed by atoms with E-state index in [1.165, 1.54) is 16.6 Å². The first-order valence-electron chi connectivity index (χ1n) is 13.0. The molecule has 0 saturated carbocycles. The number of pyridine rings is 1. The zero-order valence-corrected chi connectivity index (χ0v) is 21.9. The Morgan fingerprint density at radius 1 is 0.846 bits per heavy atom. The minimum absolute atomic E-state index is 0.274. The van der Waals surface area contributed by atoms with Gasteiger partial charge in [0, 0.05) is 34.1 Å². The molecule has 0 spiro atoms. The molecule has 4 aromatic carbocycles. The minimum atomic E-state index is -0.274. The molecule has 0 saturated heterocycles. The largest absolute Gasteiger partial charge is 0.340 e. The average molecular weight is 509 g/mol. The zero-order valence-electron chi connectivity index (χ0n) is 21.9. The molecule has 0 atom stereocenters. The van der Waals surface area contributed by atoms with Crippen LogP contribution in [0.1, 0.15) is 32.7 Å². The van der Waals surface area contributed by atoms with E-state index in [1.54, 1.807) is 6.21 Å². The van der Waals surface area contributed by atoms with E-state index in [-0.39, 0.29) is 5.91 Å². The third kappa shape index (κ3) is 4.71. The van der Waals surface area contributed by atoms with Gasteiger partial charge in [0.1, 0.15) is 0 Å². The number of aryl methyl sites for hydroxylation is 1. The van der Waals surface area contributed by atoms with Crippen molar-refractivity contribution in [1.82, 2.24) is 15.0 Å². The van der Waals surface area contributed by atoms with Crippen molar-refractivity contribution in [2.45, 2.75) is 20.4 Å². The van der Waals surface area contributed by atoms with E-state index in [2.05, 4.69) is 71.4 Å². The van der Waals surface area contributed by atoms with E-state index in [1.807, 2.05) is 66.7 Å². The summed E-state index contributed by atoms with van der Waals surface area (Å²) in [6.07, 6.45) is 1.76. The van der Waals surface area contributed by atoms with Crippen LogP contribution in [-0.2, 0) is 6.54 Å². The number of carbonyl (C=O) groups excluding carboxylic acids is 1. The Balaban J connectivity index is 1.35. The predicted molar refractivity (Wildman–Crippen MR) is 159 cm³/mol.